The molecular formula is C15H19ClN2O2. The Morgan fingerprint density at radius 3 is 3.10 bits per heavy atom. The molecule has 5 heteroatoms. The Morgan fingerprint density at radius 2 is 2.35 bits per heavy atom. The number of methoxy groups -OCH3 is 1. The van der Waals surface area contributed by atoms with E-state index in [1.807, 2.05) is 17.0 Å². The summed E-state index contributed by atoms with van der Waals surface area (Å²) in [6.45, 7) is 2.36. The smallest absolute Gasteiger partial charge is 0.227 e. The van der Waals surface area contributed by atoms with E-state index in [9.17, 15) is 4.79 Å². The minimum Gasteiger partial charge on any atom is -0.496 e. The van der Waals surface area contributed by atoms with Crippen molar-refractivity contribution in [2.24, 2.45) is 5.92 Å². The highest BCUT2D eigenvalue weighted by Gasteiger charge is 2.41. The van der Waals surface area contributed by atoms with E-state index in [4.69, 9.17) is 16.3 Å². The Balaban J connectivity index is 1.78. The highest BCUT2D eigenvalue weighted by Crippen LogP contribution is 2.30. The summed E-state index contributed by atoms with van der Waals surface area (Å²) in [7, 11) is 1.64. The average Bonchev–Trinajstić information content (AvgIpc) is 2.76. The van der Waals surface area contributed by atoms with Crippen molar-refractivity contribution >= 4 is 17.5 Å². The summed E-state index contributed by atoms with van der Waals surface area (Å²) in [4.78, 5) is 14.4. The fourth-order valence-corrected chi connectivity index (χ4v) is 3.42. The van der Waals surface area contributed by atoms with Gasteiger partial charge in [-0.15, -0.1) is 0 Å². The van der Waals surface area contributed by atoms with Gasteiger partial charge < -0.3 is 15.0 Å². The third-order valence-corrected chi connectivity index (χ3v) is 4.47. The molecule has 2 saturated heterocycles. The lowest BCUT2D eigenvalue weighted by Crippen LogP contribution is -2.41. The van der Waals surface area contributed by atoms with Crippen molar-refractivity contribution in [2.75, 3.05) is 20.2 Å². The van der Waals surface area contributed by atoms with Gasteiger partial charge in [0.1, 0.15) is 5.75 Å². The number of likely N-dealkylation sites (tertiary alicyclic amines) is 1. The average molecular weight is 295 g/mol. The van der Waals surface area contributed by atoms with E-state index in [0.717, 1.165) is 37.2 Å². The quantitative estimate of drug-likeness (QED) is 0.928. The van der Waals surface area contributed by atoms with Crippen molar-refractivity contribution in [2.45, 2.75) is 25.4 Å². The van der Waals surface area contributed by atoms with Crippen LogP contribution in [0.2, 0.25) is 5.02 Å². The number of rotatable bonds is 3. The van der Waals surface area contributed by atoms with Gasteiger partial charge in [0.25, 0.3) is 0 Å². The number of nitrogens with zero attached hydrogens (tertiary/aromatic N) is 1. The van der Waals surface area contributed by atoms with Gasteiger partial charge in [-0.05, 0) is 37.6 Å². The number of hydrogen-bond donors (Lipinski definition) is 1. The van der Waals surface area contributed by atoms with Gasteiger partial charge in [0, 0.05) is 29.7 Å². The number of ether oxygens (including phenoxy) is 1. The van der Waals surface area contributed by atoms with Gasteiger partial charge in [-0.1, -0.05) is 11.6 Å². The van der Waals surface area contributed by atoms with E-state index in [2.05, 4.69) is 5.32 Å². The summed E-state index contributed by atoms with van der Waals surface area (Å²) >= 11 is 6.05. The molecule has 0 bridgehead atoms. The number of halogens is 1. The molecule has 0 aliphatic carbocycles. The Morgan fingerprint density at radius 1 is 1.50 bits per heavy atom. The highest BCUT2D eigenvalue weighted by molar-refractivity contribution is 6.30. The first-order valence-electron chi connectivity index (χ1n) is 7.03. The number of amides is 1. The molecule has 2 fully saturated rings. The molecular weight excluding hydrogens is 276 g/mol. The summed E-state index contributed by atoms with van der Waals surface area (Å²) in [5, 5.41) is 4.12. The molecule has 0 aromatic heterocycles. The standard InChI is InChI=1S/C15H19ClN2O2/c1-20-14-5-4-11(16)7-10(14)8-18-9-13-12(15(18)19)3-2-6-17-13/h4-5,7,12-13,17H,2-3,6,8-9H2,1H3. The summed E-state index contributed by atoms with van der Waals surface area (Å²) in [6, 6.07) is 5.84. The number of carbonyl (C=O) groups is 1. The van der Waals surface area contributed by atoms with Crippen LogP contribution in [0.1, 0.15) is 18.4 Å². The van der Waals surface area contributed by atoms with Crippen molar-refractivity contribution < 1.29 is 9.53 Å². The Bertz CT molecular complexity index is 521. The normalized spacial score (nSPS) is 25.7. The SMILES string of the molecule is COc1ccc(Cl)cc1CN1CC2NCCCC2C1=O. The van der Waals surface area contributed by atoms with Crippen LogP contribution >= 0.6 is 11.6 Å². The minimum absolute atomic E-state index is 0.147. The van der Waals surface area contributed by atoms with Crippen molar-refractivity contribution in [1.29, 1.82) is 0 Å². The lowest BCUT2D eigenvalue weighted by molar-refractivity contribution is -0.131. The molecule has 2 aliphatic heterocycles. The Labute approximate surface area is 124 Å². The molecule has 2 atom stereocenters. The molecule has 2 unspecified atom stereocenters. The number of carbonyl (C=O) groups excluding carboxylic acids is 1. The van der Waals surface area contributed by atoms with Crippen LogP contribution < -0.4 is 10.1 Å². The topological polar surface area (TPSA) is 41.6 Å². The second kappa shape index (κ2) is 5.62. The van der Waals surface area contributed by atoms with E-state index in [1.165, 1.54) is 0 Å². The van der Waals surface area contributed by atoms with Gasteiger partial charge in [-0.3, -0.25) is 4.79 Å². The van der Waals surface area contributed by atoms with Crippen LogP contribution in [-0.2, 0) is 11.3 Å². The number of piperidine rings is 1. The van der Waals surface area contributed by atoms with Crippen LogP contribution in [0.25, 0.3) is 0 Å². The lowest BCUT2D eigenvalue weighted by Gasteiger charge is -2.23. The fraction of sp³-hybridized carbons (Fsp3) is 0.533. The molecule has 1 N–H and O–H groups in total. The third-order valence-electron chi connectivity index (χ3n) is 4.23. The van der Waals surface area contributed by atoms with E-state index in [1.54, 1.807) is 13.2 Å². The zero-order chi connectivity index (χ0) is 14.1. The lowest BCUT2D eigenvalue weighted by atomic mass is 9.94. The summed E-state index contributed by atoms with van der Waals surface area (Å²) in [6.07, 6.45) is 2.08. The first-order valence-corrected chi connectivity index (χ1v) is 7.41. The van der Waals surface area contributed by atoms with Gasteiger partial charge >= 0.3 is 0 Å². The van der Waals surface area contributed by atoms with Gasteiger partial charge in [-0.2, -0.15) is 0 Å². The Kier molecular flexibility index (Phi) is 3.85. The maximum Gasteiger partial charge on any atom is 0.227 e. The second-order valence-corrected chi connectivity index (χ2v) is 5.92. The van der Waals surface area contributed by atoms with Crippen molar-refractivity contribution in [1.82, 2.24) is 10.2 Å². The van der Waals surface area contributed by atoms with E-state index in [0.29, 0.717) is 17.6 Å². The first kappa shape index (κ1) is 13.7. The zero-order valence-electron chi connectivity index (χ0n) is 11.6. The molecule has 108 valence electrons. The Hall–Kier alpha value is -1.26. The second-order valence-electron chi connectivity index (χ2n) is 5.48. The van der Waals surface area contributed by atoms with Crippen LogP contribution in [-0.4, -0.2) is 37.0 Å². The van der Waals surface area contributed by atoms with Crippen LogP contribution in [0.3, 0.4) is 0 Å². The predicted molar refractivity (Wildman–Crippen MR) is 77.9 cm³/mol. The number of fused-ring (bicyclic) bond motifs is 1. The van der Waals surface area contributed by atoms with Gasteiger partial charge in [-0.25, -0.2) is 0 Å². The largest absolute Gasteiger partial charge is 0.496 e. The number of hydrogen-bond acceptors (Lipinski definition) is 3. The van der Waals surface area contributed by atoms with E-state index in [-0.39, 0.29) is 11.8 Å². The molecule has 0 spiro atoms. The van der Waals surface area contributed by atoms with Crippen molar-refractivity contribution in [3.63, 3.8) is 0 Å². The fourth-order valence-electron chi connectivity index (χ4n) is 3.22. The molecule has 2 aliphatic rings. The molecule has 1 aromatic carbocycles. The van der Waals surface area contributed by atoms with Crippen LogP contribution in [0.5, 0.6) is 5.75 Å². The summed E-state index contributed by atoms with van der Waals surface area (Å²) in [5.41, 5.74) is 0.965. The third kappa shape index (κ3) is 2.50. The van der Waals surface area contributed by atoms with Crippen molar-refractivity contribution in [3.8, 4) is 5.75 Å². The minimum atomic E-state index is 0.147. The number of benzene rings is 1. The maximum absolute atomic E-state index is 12.4. The van der Waals surface area contributed by atoms with Crippen LogP contribution in [0.4, 0.5) is 0 Å². The zero-order valence-corrected chi connectivity index (χ0v) is 12.3. The van der Waals surface area contributed by atoms with Crippen LogP contribution in [0, 0.1) is 5.92 Å². The summed E-state index contributed by atoms with van der Waals surface area (Å²) < 4.78 is 5.35. The molecule has 4 nitrogen and oxygen atoms in total. The number of nitrogens with one attached hydrogen (secondary N) is 1. The monoisotopic (exact) mass is 294 g/mol. The first-order chi connectivity index (χ1) is 9.69. The molecule has 2 heterocycles. The molecule has 1 amide bonds. The molecule has 3 rings (SSSR count). The molecule has 1 aromatic rings. The van der Waals surface area contributed by atoms with Crippen molar-refractivity contribution in [3.05, 3.63) is 28.8 Å². The summed E-state index contributed by atoms with van der Waals surface area (Å²) in [5.74, 6) is 1.18. The van der Waals surface area contributed by atoms with E-state index >= 15 is 0 Å². The highest BCUT2D eigenvalue weighted by atomic mass is 35.5. The van der Waals surface area contributed by atoms with Gasteiger partial charge in [0.05, 0.1) is 13.0 Å². The van der Waals surface area contributed by atoms with E-state index < -0.39 is 0 Å². The molecule has 0 radical (unpaired) electrons. The van der Waals surface area contributed by atoms with Gasteiger partial charge in [0.2, 0.25) is 5.91 Å². The maximum atomic E-state index is 12.4. The van der Waals surface area contributed by atoms with Crippen LogP contribution in [0.15, 0.2) is 18.2 Å². The predicted octanol–water partition coefficient (Wildman–Crippen LogP) is 2.06. The molecule has 0 saturated carbocycles. The molecule has 20 heavy (non-hydrogen) atoms. The van der Waals surface area contributed by atoms with Gasteiger partial charge in [0.15, 0.2) is 0 Å².